The third-order valence-electron chi connectivity index (χ3n) is 5.60. The summed E-state index contributed by atoms with van der Waals surface area (Å²) in [6.07, 6.45) is 0.804. The van der Waals surface area contributed by atoms with E-state index in [1.54, 1.807) is 17.4 Å². The lowest BCUT2D eigenvalue weighted by Gasteiger charge is -2.18. The van der Waals surface area contributed by atoms with E-state index in [0.29, 0.717) is 24.3 Å². The predicted octanol–water partition coefficient (Wildman–Crippen LogP) is 4.58. The molecule has 2 aromatic carbocycles. The van der Waals surface area contributed by atoms with E-state index in [4.69, 9.17) is 0 Å². The molecule has 6 nitrogen and oxygen atoms in total. The molecule has 5 rings (SSSR count). The number of nitrogens with zero attached hydrogens (tertiary/aromatic N) is 2. The lowest BCUT2D eigenvalue weighted by Crippen LogP contribution is -2.28. The molecule has 0 aliphatic carbocycles. The molecule has 2 amide bonds. The Balaban J connectivity index is 1.25. The number of hydrogen-bond acceptors (Lipinski definition) is 4. The molecule has 0 fully saturated rings. The molecule has 0 bridgehead atoms. The second-order valence-electron chi connectivity index (χ2n) is 7.87. The van der Waals surface area contributed by atoms with Crippen molar-refractivity contribution in [2.24, 2.45) is 0 Å². The van der Waals surface area contributed by atoms with E-state index in [-0.39, 0.29) is 11.8 Å². The number of thiophene rings is 1. The van der Waals surface area contributed by atoms with Gasteiger partial charge in [0.1, 0.15) is 0 Å². The highest BCUT2D eigenvalue weighted by molar-refractivity contribution is 7.13. The van der Waals surface area contributed by atoms with Gasteiger partial charge in [0.25, 0.3) is 11.8 Å². The fourth-order valence-electron chi connectivity index (χ4n) is 3.98. The van der Waals surface area contributed by atoms with Gasteiger partial charge >= 0.3 is 0 Å². The Labute approximate surface area is 189 Å². The van der Waals surface area contributed by atoms with Crippen LogP contribution in [0.1, 0.15) is 37.5 Å². The molecule has 7 heteroatoms. The lowest BCUT2D eigenvalue weighted by molar-refractivity contribution is 0.0944. The number of hydrogen-bond donors (Lipinski definition) is 2. The quantitative estimate of drug-likeness (QED) is 0.475. The minimum atomic E-state index is -0.221. The summed E-state index contributed by atoms with van der Waals surface area (Å²) in [5.41, 5.74) is 6.04. The maximum Gasteiger partial charge on any atom is 0.272 e. The SMILES string of the molecule is Cc1cccc(C(=O)N2CCc3cc(CNC(=O)c4cc(-c5cccs5)[nH]n4)ccc32)c1. The summed E-state index contributed by atoms with van der Waals surface area (Å²) in [4.78, 5) is 28.4. The summed E-state index contributed by atoms with van der Waals surface area (Å²) in [6, 6.07) is 19.4. The largest absolute Gasteiger partial charge is 0.347 e. The average Bonchev–Trinajstić information content (AvgIpc) is 3.57. The summed E-state index contributed by atoms with van der Waals surface area (Å²) in [6.45, 7) is 3.05. The van der Waals surface area contributed by atoms with E-state index >= 15 is 0 Å². The molecular weight excluding hydrogens is 420 g/mol. The second-order valence-corrected chi connectivity index (χ2v) is 8.81. The van der Waals surface area contributed by atoms with Gasteiger partial charge in [0.05, 0.1) is 10.6 Å². The molecule has 0 spiro atoms. The predicted molar refractivity (Wildman–Crippen MR) is 126 cm³/mol. The number of anilines is 1. The van der Waals surface area contributed by atoms with Crippen molar-refractivity contribution in [3.05, 3.63) is 94.0 Å². The van der Waals surface area contributed by atoms with Crippen LogP contribution in [0.4, 0.5) is 5.69 Å². The fourth-order valence-corrected chi connectivity index (χ4v) is 4.67. The number of fused-ring (bicyclic) bond motifs is 1. The van der Waals surface area contributed by atoms with E-state index in [0.717, 1.165) is 39.4 Å². The molecular formula is C25H22N4O2S. The first-order valence-electron chi connectivity index (χ1n) is 10.5. The van der Waals surface area contributed by atoms with E-state index in [9.17, 15) is 9.59 Å². The number of carbonyl (C=O) groups is 2. The standard InChI is InChI=1S/C25H22N4O2S/c1-16-4-2-5-19(12-16)25(31)29-10-9-18-13-17(7-8-22(18)29)15-26-24(30)21-14-20(27-28-21)23-6-3-11-32-23/h2-8,11-14H,9-10,15H2,1H3,(H,26,30)(H,27,28). The van der Waals surface area contributed by atoms with Gasteiger partial charge in [-0.15, -0.1) is 11.3 Å². The van der Waals surface area contributed by atoms with Crippen LogP contribution in [-0.4, -0.2) is 28.6 Å². The Hall–Kier alpha value is -3.71. The molecule has 1 aliphatic heterocycles. The molecule has 0 unspecified atom stereocenters. The molecule has 32 heavy (non-hydrogen) atoms. The molecule has 0 saturated heterocycles. The minimum absolute atomic E-state index is 0.0218. The molecule has 1 aliphatic rings. The molecule has 2 N–H and O–H groups in total. The maximum atomic E-state index is 13.0. The van der Waals surface area contributed by atoms with Gasteiger partial charge in [-0.25, -0.2) is 0 Å². The Morgan fingerprint density at radius 3 is 2.84 bits per heavy atom. The first-order valence-corrected chi connectivity index (χ1v) is 11.3. The normalized spacial score (nSPS) is 12.6. The number of H-pyrrole nitrogens is 1. The monoisotopic (exact) mass is 442 g/mol. The van der Waals surface area contributed by atoms with Crippen LogP contribution in [0.25, 0.3) is 10.6 Å². The average molecular weight is 443 g/mol. The Morgan fingerprint density at radius 2 is 2.03 bits per heavy atom. The summed E-state index contributed by atoms with van der Waals surface area (Å²) in [7, 11) is 0. The zero-order chi connectivity index (χ0) is 22.1. The van der Waals surface area contributed by atoms with E-state index in [1.165, 1.54) is 0 Å². The third kappa shape index (κ3) is 3.94. The molecule has 2 aromatic heterocycles. The van der Waals surface area contributed by atoms with Crippen molar-refractivity contribution in [2.45, 2.75) is 19.9 Å². The summed E-state index contributed by atoms with van der Waals surface area (Å²) in [5.74, 6) is -0.200. The molecule has 160 valence electrons. The topological polar surface area (TPSA) is 78.1 Å². The molecule has 0 radical (unpaired) electrons. The summed E-state index contributed by atoms with van der Waals surface area (Å²) in [5, 5.41) is 12.0. The van der Waals surface area contributed by atoms with E-state index in [2.05, 4.69) is 21.6 Å². The van der Waals surface area contributed by atoms with Crippen LogP contribution in [0.15, 0.2) is 66.0 Å². The van der Waals surface area contributed by atoms with Gasteiger partial charge in [-0.3, -0.25) is 14.7 Å². The second kappa shape index (κ2) is 8.43. The molecule has 0 saturated carbocycles. The Bertz CT molecular complexity index is 1290. The first-order chi connectivity index (χ1) is 15.6. The number of benzene rings is 2. The highest BCUT2D eigenvalue weighted by Gasteiger charge is 2.25. The number of aryl methyl sites for hydroxylation is 1. The van der Waals surface area contributed by atoms with E-state index in [1.807, 2.05) is 65.7 Å². The zero-order valence-corrected chi connectivity index (χ0v) is 18.4. The van der Waals surface area contributed by atoms with Crippen molar-refractivity contribution in [1.29, 1.82) is 0 Å². The highest BCUT2D eigenvalue weighted by atomic mass is 32.1. The molecule has 3 heterocycles. The number of nitrogens with one attached hydrogen (secondary N) is 2. The summed E-state index contributed by atoms with van der Waals surface area (Å²) >= 11 is 1.59. The maximum absolute atomic E-state index is 13.0. The van der Waals surface area contributed by atoms with Crippen LogP contribution < -0.4 is 10.2 Å². The van der Waals surface area contributed by atoms with Gasteiger partial charge in [-0.05, 0) is 60.2 Å². The minimum Gasteiger partial charge on any atom is -0.347 e. The third-order valence-corrected chi connectivity index (χ3v) is 6.50. The van der Waals surface area contributed by atoms with Gasteiger partial charge in [0.2, 0.25) is 0 Å². The molecule has 4 aromatic rings. The van der Waals surface area contributed by atoms with E-state index < -0.39 is 0 Å². The van der Waals surface area contributed by atoms with Crippen LogP contribution in [0.5, 0.6) is 0 Å². The smallest absolute Gasteiger partial charge is 0.272 e. The van der Waals surface area contributed by atoms with Crippen LogP contribution in [0, 0.1) is 6.92 Å². The number of carbonyl (C=O) groups excluding carboxylic acids is 2. The number of aromatic nitrogens is 2. The van der Waals surface area contributed by atoms with Crippen LogP contribution in [0.3, 0.4) is 0 Å². The van der Waals surface area contributed by atoms with Crippen LogP contribution in [-0.2, 0) is 13.0 Å². The van der Waals surface area contributed by atoms with Crippen molar-refractivity contribution < 1.29 is 9.59 Å². The van der Waals surface area contributed by atoms with Gasteiger partial charge < -0.3 is 10.2 Å². The Morgan fingerprint density at radius 1 is 1.12 bits per heavy atom. The van der Waals surface area contributed by atoms with Gasteiger partial charge in [0, 0.05) is 24.3 Å². The number of rotatable bonds is 5. The fraction of sp³-hybridized carbons (Fsp3) is 0.160. The van der Waals surface area contributed by atoms with Crippen molar-refractivity contribution >= 4 is 28.8 Å². The lowest BCUT2D eigenvalue weighted by atomic mass is 10.1. The highest BCUT2D eigenvalue weighted by Crippen LogP contribution is 2.30. The Kier molecular flexibility index (Phi) is 5.33. The van der Waals surface area contributed by atoms with Crippen LogP contribution in [0.2, 0.25) is 0 Å². The van der Waals surface area contributed by atoms with Gasteiger partial charge in [0.15, 0.2) is 5.69 Å². The van der Waals surface area contributed by atoms with Crippen LogP contribution >= 0.6 is 11.3 Å². The van der Waals surface area contributed by atoms with Crippen molar-refractivity contribution in [2.75, 3.05) is 11.4 Å². The summed E-state index contributed by atoms with van der Waals surface area (Å²) < 4.78 is 0. The molecule has 0 atom stereocenters. The number of amides is 2. The van der Waals surface area contributed by atoms with Gasteiger partial charge in [-0.2, -0.15) is 5.10 Å². The first kappa shape index (κ1) is 20.2. The van der Waals surface area contributed by atoms with Crippen molar-refractivity contribution in [3.8, 4) is 10.6 Å². The number of aromatic amines is 1. The van der Waals surface area contributed by atoms with Crippen molar-refractivity contribution in [1.82, 2.24) is 15.5 Å². The van der Waals surface area contributed by atoms with Crippen molar-refractivity contribution in [3.63, 3.8) is 0 Å². The van der Waals surface area contributed by atoms with Gasteiger partial charge in [-0.1, -0.05) is 35.9 Å². The zero-order valence-electron chi connectivity index (χ0n) is 17.6.